The van der Waals surface area contributed by atoms with Crippen LogP contribution in [0.3, 0.4) is 0 Å². The standard InChI is InChI=1S/C48H54N2O13S/c1-43(32(54)7-11-47-18-22-13-30(39(43)47)62-44(22,2)20-47)10-9-35(56)49-26-15-25(28(52)16-29(26)53)42(61)64-34(17-36(57)50-37-27(51)6-5-24(38(37)58)41(59)60)46(4)33(55)8-12-48-19-23-14-31(40(46)48)63-45(23,3)21-48/h5-7,11,15-16,22-23,30-31,34,39-40,51-53,58H,8-10,12-14,17-21H2,1-4H3,(H,49,56)(H,50,57)(H,59,60)/t22-,23?,30+,31+,34?,39+,40+,43-,44+,45+,46+,47+,48+/m1/s1. The molecule has 2 aromatic rings. The van der Waals surface area contributed by atoms with Crippen molar-refractivity contribution < 1.29 is 63.8 Å². The quantitative estimate of drug-likeness (QED) is 0.0900. The van der Waals surface area contributed by atoms with Crippen molar-refractivity contribution in [2.45, 2.75) is 127 Å². The van der Waals surface area contributed by atoms with Crippen LogP contribution in [0.4, 0.5) is 11.4 Å². The van der Waals surface area contributed by atoms with Crippen molar-refractivity contribution in [2.75, 3.05) is 10.6 Å². The molecular weight excluding hydrogens is 845 g/mol. The third kappa shape index (κ3) is 6.06. The average molecular weight is 899 g/mol. The summed E-state index contributed by atoms with van der Waals surface area (Å²) in [4.78, 5) is 82.1. The Kier molecular flexibility index (Phi) is 9.43. The van der Waals surface area contributed by atoms with Crippen LogP contribution < -0.4 is 10.6 Å². The van der Waals surface area contributed by atoms with Gasteiger partial charge in [-0.15, -0.1) is 0 Å². The first-order chi connectivity index (χ1) is 30.0. The van der Waals surface area contributed by atoms with E-state index in [1.165, 1.54) is 0 Å². The second kappa shape index (κ2) is 14.0. The predicted molar refractivity (Wildman–Crippen MR) is 231 cm³/mol. The summed E-state index contributed by atoms with van der Waals surface area (Å²) >= 11 is 0.649. The number of phenolic OH excluding ortho intramolecular Hbond substituents is 3. The summed E-state index contributed by atoms with van der Waals surface area (Å²) in [7, 11) is 0. The van der Waals surface area contributed by atoms with Crippen LogP contribution in [0, 0.1) is 45.3 Å². The summed E-state index contributed by atoms with van der Waals surface area (Å²) in [5.41, 5.74) is -4.81. The van der Waals surface area contributed by atoms with Crippen molar-refractivity contribution in [3.05, 3.63) is 47.5 Å². The molecule has 0 aromatic heterocycles. The van der Waals surface area contributed by atoms with Crippen molar-refractivity contribution in [3.8, 4) is 23.0 Å². The molecule has 8 bridgehead atoms. The number of hydrogen-bond donors (Lipinski definition) is 7. The van der Waals surface area contributed by atoms with E-state index in [9.17, 15) is 54.3 Å². The molecule has 4 heterocycles. The number of anilines is 2. The monoisotopic (exact) mass is 898 g/mol. The molecule has 16 heteroatoms. The smallest absolute Gasteiger partial charge is 0.339 e. The number of phenols is 4. The van der Waals surface area contributed by atoms with E-state index in [0.29, 0.717) is 36.4 Å². The largest absolute Gasteiger partial charge is 0.507 e. The number of carbonyl (C=O) groups excluding carboxylic acids is 5. The molecule has 0 radical (unpaired) electrons. The van der Waals surface area contributed by atoms with E-state index in [2.05, 4.69) is 30.6 Å². The van der Waals surface area contributed by atoms with Crippen LogP contribution in [0.1, 0.15) is 119 Å². The van der Waals surface area contributed by atoms with E-state index >= 15 is 0 Å². The molecule has 2 spiro atoms. The molecule has 4 aliphatic heterocycles. The van der Waals surface area contributed by atoms with Gasteiger partial charge in [0.15, 0.2) is 11.5 Å². The number of nitrogens with one attached hydrogen (secondary N) is 2. The molecule has 4 saturated heterocycles. The first-order valence-corrected chi connectivity index (χ1v) is 23.2. The van der Waals surface area contributed by atoms with Gasteiger partial charge in [-0.1, -0.05) is 31.7 Å². The lowest BCUT2D eigenvalue weighted by Gasteiger charge is -2.59. The summed E-state index contributed by atoms with van der Waals surface area (Å²) in [5.74, 6) is -5.42. The topological polar surface area (TPSA) is 246 Å². The molecular formula is C48H54N2O13S. The number of allylic oxidation sites excluding steroid dienone is 2. The van der Waals surface area contributed by atoms with Gasteiger partial charge in [0, 0.05) is 53.2 Å². The maximum absolute atomic E-state index is 14.5. The number of carbonyl (C=O) groups is 6. The third-order valence-electron chi connectivity index (χ3n) is 17.6. The predicted octanol–water partition coefficient (Wildman–Crippen LogP) is 6.86. The molecule has 12 rings (SSSR count). The van der Waals surface area contributed by atoms with Crippen molar-refractivity contribution in [1.82, 2.24) is 0 Å². The fraction of sp³-hybridized carbons (Fsp3) is 0.583. The zero-order chi connectivity index (χ0) is 45.7. The van der Waals surface area contributed by atoms with Crippen LogP contribution in [-0.2, 0) is 28.7 Å². The highest BCUT2D eigenvalue weighted by Crippen LogP contribution is 2.74. The van der Waals surface area contributed by atoms with Gasteiger partial charge in [-0.3, -0.25) is 24.0 Å². The molecule has 7 N–H and O–H groups in total. The number of rotatable bonds is 11. The molecule has 2 aromatic carbocycles. The zero-order valence-electron chi connectivity index (χ0n) is 36.2. The van der Waals surface area contributed by atoms with E-state index in [0.717, 1.165) is 56.4 Å². The average Bonchev–Trinajstić information content (AvgIpc) is 3.78. The molecule has 64 heavy (non-hydrogen) atoms. The minimum atomic E-state index is -1.50. The first kappa shape index (κ1) is 43.0. The number of hydrogen-bond acceptors (Lipinski definition) is 13. The molecule has 340 valence electrons. The van der Waals surface area contributed by atoms with Crippen LogP contribution in [0.25, 0.3) is 0 Å². The SMILES string of the molecule is C[C@@]1(C(CC(=O)Nc2c(O)ccc(C(=O)O)c2O)SC(=O)c2cc(NC(=O)CC[C@]3(C)C(=O)C=C[C@]45C[C@H]6C[C@H](O[C@@]6(C)C4)[C@H]53)c(O)cc2O)C(=O)CC[C@]23CC4C[C@H](O[C@@]4(C)C2)[C@H]31. The van der Waals surface area contributed by atoms with Crippen molar-refractivity contribution >= 4 is 57.6 Å². The van der Waals surface area contributed by atoms with Gasteiger partial charge in [0.1, 0.15) is 34.3 Å². The number of benzene rings is 2. The number of ether oxygens (including phenoxy) is 2. The Balaban J connectivity index is 0.914. The van der Waals surface area contributed by atoms with Crippen LogP contribution in [0.2, 0.25) is 0 Å². The van der Waals surface area contributed by atoms with Crippen LogP contribution in [0.15, 0.2) is 36.4 Å². The van der Waals surface area contributed by atoms with Crippen molar-refractivity contribution in [1.29, 1.82) is 0 Å². The van der Waals surface area contributed by atoms with E-state index in [4.69, 9.17) is 9.47 Å². The Bertz CT molecular complexity index is 2510. The lowest BCUT2D eigenvalue weighted by Crippen LogP contribution is -2.62. The second-order valence-electron chi connectivity index (χ2n) is 21.2. The van der Waals surface area contributed by atoms with Gasteiger partial charge < -0.3 is 45.6 Å². The van der Waals surface area contributed by atoms with Crippen LogP contribution in [0.5, 0.6) is 23.0 Å². The molecule has 13 atom stereocenters. The Hall–Kier alpha value is -4.93. The molecule has 10 aliphatic rings. The number of aromatic hydroxyl groups is 4. The van der Waals surface area contributed by atoms with Gasteiger partial charge >= 0.3 is 5.97 Å². The van der Waals surface area contributed by atoms with Crippen molar-refractivity contribution in [3.63, 3.8) is 0 Å². The lowest BCUT2D eigenvalue weighted by atomic mass is 9.48. The number of carboxylic acid groups (broad SMARTS) is 1. The minimum Gasteiger partial charge on any atom is -0.507 e. The molecule has 9 fully saturated rings. The molecule has 6 aliphatic carbocycles. The summed E-state index contributed by atoms with van der Waals surface area (Å²) in [6.07, 6.45) is 8.71. The third-order valence-corrected chi connectivity index (χ3v) is 19.0. The highest BCUT2D eigenvalue weighted by Gasteiger charge is 2.74. The summed E-state index contributed by atoms with van der Waals surface area (Å²) in [6, 6.07) is 4.07. The van der Waals surface area contributed by atoms with Gasteiger partial charge in [0.25, 0.3) is 0 Å². The van der Waals surface area contributed by atoms with Crippen LogP contribution >= 0.6 is 11.8 Å². The molecule has 15 nitrogen and oxygen atoms in total. The van der Waals surface area contributed by atoms with Crippen LogP contribution in [-0.4, -0.2) is 88.7 Å². The number of aromatic carboxylic acids is 1. The Morgan fingerprint density at radius 2 is 1.52 bits per heavy atom. The Labute approximate surface area is 373 Å². The van der Waals surface area contributed by atoms with Gasteiger partial charge in [0.2, 0.25) is 16.9 Å². The van der Waals surface area contributed by atoms with Gasteiger partial charge in [-0.05, 0) is 112 Å². The number of amides is 2. The number of ketones is 2. The Morgan fingerprint density at radius 1 is 0.828 bits per heavy atom. The maximum Gasteiger partial charge on any atom is 0.339 e. The van der Waals surface area contributed by atoms with E-state index in [1.54, 1.807) is 13.0 Å². The maximum atomic E-state index is 14.5. The normalized spacial score (nSPS) is 39.8. The summed E-state index contributed by atoms with van der Waals surface area (Å²) in [6.45, 7) is 7.92. The van der Waals surface area contributed by atoms with Gasteiger partial charge in [-0.25, -0.2) is 4.79 Å². The van der Waals surface area contributed by atoms with E-state index < -0.39 is 79.6 Å². The van der Waals surface area contributed by atoms with Gasteiger partial charge in [0.05, 0.1) is 34.7 Å². The lowest BCUT2D eigenvalue weighted by molar-refractivity contribution is -0.190. The summed E-state index contributed by atoms with van der Waals surface area (Å²) < 4.78 is 13.2. The zero-order valence-corrected chi connectivity index (χ0v) is 37.0. The van der Waals surface area contributed by atoms with Crippen molar-refractivity contribution in [2.24, 2.45) is 45.3 Å². The molecule has 5 saturated carbocycles. The number of carboxylic acids is 1. The minimum absolute atomic E-state index is 0.0589. The fourth-order valence-corrected chi connectivity index (χ4v) is 16.3. The van der Waals surface area contributed by atoms with E-state index in [-0.39, 0.29) is 88.2 Å². The fourth-order valence-electron chi connectivity index (χ4n) is 15.0. The highest BCUT2D eigenvalue weighted by molar-refractivity contribution is 8.14. The second-order valence-corrected chi connectivity index (χ2v) is 22.4. The summed E-state index contributed by atoms with van der Waals surface area (Å²) in [5, 5.41) is 56.1. The number of Topliss-reactive ketones (excluding diaryl/α,β-unsaturated/α-hetero) is 1. The highest BCUT2D eigenvalue weighted by atomic mass is 32.2. The Morgan fingerprint density at radius 3 is 2.20 bits per heavy atom. The molecule has 2 unspecified atom stereocenters. The molecule has 2 amide bonds. The number of thioether (sulfide) groups is 1. The van der Waals surface area contributed by atoms with Gasteiger partial charge in [-0.2, -0.15) is 0 Å². The van der Waals surface area contributed by atoms with E-state index in [1.807, 2.05) is 6.92 Å². The first-order valence-electron chi connectivity index (χ1n) is 22.3.